The SMILES string of the molecule is CC(=O)NC1CCN(C(=O)c2cc(C)ccc2C)C1. The molecule has 4 nitrogen and oxygen atoms in total. The van der Waals surface area contributed by atoms with Crippen molar-refractivity contribution in [2.45, 2.75) is 33.2 Å². The lowest BCUT2D eigenvalue weighted by molar-refractivity contribution is -0.119. The van der Waals surface area contributed by atoms with Crippen LogP contribution in [0.15, 0.2) is 18.2 Å². The second kappa shape index (κ2) is 5.43. The first-order valence-electron chi connectivity index (χ1n) is 6.61. The zero-order valence-electron chi connectivity index (χ0n) is 11.7. The number of nitrogens with one attached hydrogen (secondary N) is 1. The molecule has 1 fully saturated rings. The summed E-state index contributed by atoms with van der Waals surface area (Å²) in [5.41, 5.74) is 2.86. The van der Waals surface area contributed by atoms with Gasteiger partial charge in [0.1, 0.15) is 0 Å². The molecular weight excluding hydrogens is 240 g/mol. The maximum Gasteiger partial charge on any atom is 0.254 e. The van der Waals surface area contributed by atoms with Crippen molar-refractivity contribution in [2.75, 3.05) is 13.1 Å². The summed E-state index contributed by atoms with van der Waals surface area (Å²) in [6.07, 6.45) is 0.830. The molecule has 1 heterocycles. The summed E-state index contributed by atoms with van der Waals surface area (Å²) < 4.78 is 0. The number of hydrogen-bond donors (Lipinski definition) is 1. The van der Waals surface area contributed by atoms with Gasteiger partial charge in [-0.25, -0.2) is 0 Å². The van der Waals surface area contributed by atoms with Crippen molar-refractivity contribution in [3.05, 3.63) is 34.9 Å². The molecule has 1 atom stereocenters. The highest BCUT2D eigenvalue weighted by Crippen LogP contribution is 2.17. The van der Waals surface area contributed by atoms with Gasteiger partial charge in [-0.2, -0.15) is 0 Å². The third-order valence-corrected chi connectivity index (χ3v) is 3.51. The normalized spacial score (nSPS) is 18.5. The maximum atomic E-state index is 12.5. The molecule has 0 aromatic heterocycles. The fraction of sp³-hybridized carbons (Fsp3) is 0.467. The number of likely N-dealkylation sites (tertiary alicyclic amines) is 1. The van der Waals surface area contributed by atoms with E-state index in [9.17, 15) is 9.59 Å². The van der Waals surface area contributed by atoms with E-state index in [1.165, 1.54) is 6.92 Å². The van der Waals surface area contributed by atoms with Gasteiger partial charge in [-0.3, -0.25) is 9.59 Å². The minimum atomic E-state index is -0.0361. The average molecular weight is 260 g/mol. The van der Waals surface area contributed by atoms with Gasteiger partial charge in [0.05, 0.1) is 0 Å². The van der Waals surface area contributed by atoms with Crippen molar-refractivity contribution in [1.29, 1.82) is 0 Å². The minimum absolute atomic E-state index is 0.0361. The average Bonchev–Trinajstić information content (AvgIpc) is 2.79. The van der Waals surface area contributed by atoms with Crippen molar-refractivity contribution in [3.8, 4) is 0 Å². The summed E-state index contributed by atoms with van der Waals surface area (Å²) in [4.78, 5) is 25.3. The van der Waals surface area contributed by atoms with Crippen LogP contribution in [-0.2, 0) is 4.79 Å². The molecule has 1 aromatic carbocycles. The van der Waals surface area contributed by atoms with E-state index in [-0.39, 0.29) is 17.9 Å². The number of rotatable bonds is 2. The Kier molecular flexibility index (Phi) is 3.88. The molecule has 0 radical (unpaired) electrons. The number of nitrogens with zero attached hydrogens (tertiary/aromatic N) is 1. The van der Waals surface area contributed by atoms with E-state index in [0.717, 1.165) is 23.1 Å². The summed E-state index contributed by atoms with van der Waals surface area (Å²) in [5, 5.41) is 2.87. The summed E-state index contributed by atoms with van der Waals surface area (Å²) in [7, 11) is 0. The fourth-order valence-electron chi connectivity index (χ4n) is 2.49. The Labute approximate surface area is 113 Å². The predicted octanol–water partition coefficient (Wildman–Crippen LogP) is 1.65. The zero-order valence-corrected chi connectivity index (χ0v) is 11.7. The van der Waals surface area contributed by atoms with Gasteiger partial charge in [-0.05, 0) is 31.9 Å². The van der Waals surface area contributed by atoms with E-state index in [4.69, 9.17) is 0 Å². The lowest BCUT2D eigenvalue weighted by atomic mass is 10.0. The molecule has 0 aliphatic carbocycles. The predicted molar refractivity (Wildman–Crippen MR) is 74.0 cm³/mol. The Morgan fingerprint density at radius 1 is 1.32 bits per heavy atom. The molecule has 4 heteroatoms. The smallest absolute Gasteiger partial charge is 0.254 e. The van der Waals surface area contributed by atoms with Crippen LogP contribution in [-0.4, -0.2) is 35.8 Å². The Balaban J connectivity index is 2.09. The van der Waals surface area contributed by atoms with E-state index >= 15 is 0 Å². The van der Waals surface area contributed by atoms with Crippen LogP contribution in [0.4, 0.5) is 0 Å². The van der Waals surface area contributed by atoms with Crippen molar-refractivity contribution >= 4 is 11.8 Å². The molecular formula is C15H20N2O2. The minimum Gasteiger partial charge on any atom is -0.352 e. The lowest BCUT2D eigenvalue weighted by Crippen LogP contribution is -2.37. The van der Waals surface area contributed by atoms with Gasteiger partial charge in [0.25, 0.3) is 5.91 Å². The second-order valence-electron chi connectivity index (χ2n) is 5.26. The standard InChI is InChI=1S/C15H20N2O2/c1-10-4-5-11(2)14(8-10)15(19)17-7-6-13(9-17)16-12(3)18/h4-5,8,13H,6-7,9H2,1-3H3,(H,16,18). The summed E-state index contributed by atoms with van der Waals surface area (Å²) >= 11 is 0. The van der Waals surface area contributed by atoms with Crippen molar-refractivity contribution in [3.63, 3.8) is 0 Å². The number of carbonyl (C=O) groups is 2. The van der Waals surface area contributed by atoms with Gasteiger partial charge in [-0.15, -0.1) is 0 Å². The monoisotopic (exact) mass is 260 g/mol. The van der Waals surface area contributed by atoms with Gasteiger partial charge in [0.2, 0.25) is 5.91 Å². The van der Waals surface area contributed by atoms with Crippen LogP contribution in [0.2, 0.25) is 0 Å². The maximum absolute atomic E-state index is 12.5. The first-order chi connectivity index (χ1) is 8.97. The van der Waals surface area contributed by atoms with Gasteiger partial charge in [0, 0.05) is 31.6 Å². The van der Waals surface area contributed by atoms with Crippen LogP contribution in [0.3, 0.4) is 0 Å². The van der Waals surface area contributed by atoms with Gasteiger partial charge in [0.15, 0.2) is 0 Å². The lowest BCUT2D eigenvalue weighted by Gasteiger charge is -2.18. The van der Waals surface area contributed by atoms with Crippen LogP contribution in [0.25, 0.3) is 0 Å². The molecule has 0 saturated carbocycles. The Bertz CT molecular complexity index is 511. The molecule has 0 bridgehead atoms. The van der Waals surface area contributed by atoms with Crippen LogP contribution in [0, 0.1) is 13.8 Å². The third-order valence-electron chi connectivity index (χ3n) is 3.51. The second-order valence-corrected chi connectivity index (χ2v) is 5.26. The quantitative estimate of drug-likeness (QED) is 0.879. The number of amides is 2. The van der Waals surface area contributed by atoms with Crippen LogP contribution >= 0.6 is 0 Å². The van der Waals surface area contributed by atoms with Crippen LogP contribution in [0.1, 0.15) is 34.8 Å². The molecule has 1 aliphatic rings. The first-order valence-corrected chi connectivity index (χ1v) is 6.61. The molecule has 1 N–H and O–H groups in total. The molecule has 2 rings (SSSR count). The number of aryl methyl sites for hydroxylation is 2. The summed E-state index contributed by atoms with van der Waals surface area (Å²) in [6.45, 7) is 6.76. The summed E-state index contributed by atoms with van der Waals surface area (Å²) in [6, 6.07) is 6.01. The molecule has 102 valence electrons. The third kappa shape index (κ3) is 3.13. The highest BCUT2D eigenvalue weighted by Gasteiger charge is 2.27. The molecule has 2 amide bonds. The van der Waals surface area contributed by atoms with Crippen molar-refractivity contribution in [2.24, 2.45) is 0 Å². The van der Waals surface area contributed by atoms with Crippen LogP contribution < -0.4 is 5.32 Å². The van der Waals surface area contributed by atoms with Gasteiger partial charge in [-0.1, -0.05) is 17.7 Å². The van der Waals surface area contributed by atoms with Crippen molar-refractivity contribution < 1.29 is 9.59 Å². The van der Waals surface area contributed by atoms with Gasteiger partial charge >= 0.3 is 0 Å². The van der Waals surface area contributed by atoms with Crippen molar-refractivity contribution in [1.82, 2.24) is 10.2 Å². The fourth-order valence-corrected chi connectivity index (χ4v) is 2.49. The van der Waals surface area contributed by atoms with Crippen LogP contribution in [0.5, 0.6) is 0 Å². The van der Waals surface area contributed by atoms with E-state index < -0.39 is 0 Å². The first kappa shape index (κ1) is 13.6. The number of benzene rings is 1. The molecule has 19 heavy (non-hydrogen) atoms. The topological polar surface area (TPSA) is 49.4 Å². The highest BCUT2D eigenvalue weighted by atomic mass is 16.2. The van der Waals surface area contributed by atoms with Gasteiger partial charge < -0.3 is 10.2 Å². The Hall–Kier alpha value is -1.84. The van der Waals surface area contributed by atoms with E-state index in [2.05, 4.69) is 5.32 Å². The summed E-state index contributed by atoms with van der Waals surface area (Å²) in [5.74, 6) is 0.0279. The highest BCUT2D eigenvalue weighted by molar-refractivity contribution is 5.96. The molecule has 1 saturated heterocycles. The van der Waals surface area contributed by atoms with E-state index in [1.807, 2.05) is 36.9 Å². The van der Waals surface area contributed by atoms with E-state index in [1.54, 1.807) is 0 Å². The zero-order chi connectivity index (χ0) is 14.0. The Morgan fingerprint density at radius 3 is 2.74 bits per heavy atom. The molecule has 1 aliphatic heterocycles. The largest absolute Gasteiger partial charge is 0.352 e. The van der Waals surface area contributed by atoms with E-state index in [0.29, 0.717) is 13.1 Å². The molecule has 1 aromatic rings. The number of hydrogen-bond acceptors (Lipinski definition) is 2. The molecule has 1 unspecified atom stereocenters. The molecule has 0 spiro atoms. The number of carbonyl (C=O) groups excluding carboxylic acids is 2. The Morgan fingerprint density at radius 2 is 2.05 bits per heavy atom.